The third kappa shape index (κ3) is 6.06. The minimum atomic E-state index is -4.70. The van der Waals surface area contributed by atoms with Gasteiger partial charge in [0, 0.05) is 32.7 Å². The normalized spacial score (nSPS) is 28.2. The van der Waals surface area contributed by atoms with Crippen LogP contribution in [-0.4, -0.2) is 90.5 Å². The number of nitrogens with one attached hydrogen (secondary N) is 2. The van der Waals surface area contributed by atoms with Crippen molar-refractivity contribution in [2.45, 2.75) is 43.8 Å². The van der Waals surface area contributed by atoms with Crippen molar-refractivity contribution in [2.75, 3.05) is 44.2 Å². The van der Waals surface area contributed by atoms with Gasteiger partial charge < -0.3 is 19.3 Å². The molecule has 1 aromatic heterocycles. The van der Waals surface area contributed by atoms with Gasteiger partial charge in [0.2, 0.25) is 17.8 Å². The lowest BCUT2D eigenvalue weighted by Crippen LogP contribution is -2.60. The Morgan fingerprint density at radius 3 is 2.53 bits per heavy atom. The molecule has 2 unspecified atom stereocenters. The van der Waals surface area contributed by atoms with Crippen molar-refractivity contribution in [3.63, 3.8) is 0 Å². The Morgan fingerprint density at radius 1 is 1.18 bits per heavy atom. The van der Waals surface area contributed by atoms with Crippen molar-refractivity contribution in [1.29, 1.82) is 0 Å². The van der Waals surface area contributed by atoms with E-state index in [0.717, 1.165) is 0 Å². The summed E-state index contributed by atoms with van der Waals surface area (Å²) >= 11 is 5.82. The highest BCUT2D eigenvalue weighted by Crippen LogP contribution is 2.32. The summed E-state index contributed by atoms with van der Waals surface area (Å²) in [4.78, 5) is 36.5. The lowest BCUT2D eigenvalue weighted by Gasteiger charge is -2.35. The number of rotatable bonds is 6. The predicted molar refractivity (Wildman–Crippen MR) is 114 cm³/mol. The molecule has 0 aromatic carbocycles. The van der Waals surface area contributed by atoms with E-state index >= 15 is 0 Å². The molecule has 0 spiro atoms. The lowest BCUT2D eigenvalue weighted by atomic mass is 9.99. The van der Waals surface area contributed by atoms with Gasteiger partial charge in [0.05, 0.1) is 48.8 Å². The monoisotopic (exact) mass is 506 g/mol. The largest absolute Gasteiger partial charge is 0.403 e. The first-order valence-corrected chi connectivity index (χ1v) is 11.5. The third-order valence-electron chi connectivity index (χ3n) is 6.14. The van der Waals surface area contributed by atoms with E-state index in [-0.39, 0.29) is 31.6 Å². The zero-order valence-corrected chi connectivity index (χ0v) is 19.0. The molecule has 14 heteroatoms. The van der Waals surface area contributed by atoms with E-state index in [9.17, 15) is 22.8 Å². The number of hydrazine groups is 1. The molecule has 188 valence electrons. The van der Waals surface area contributed by atoms with Crippen LogP contribution in [0.4, 0.5) is 19.1 Å². The summed E-state index contributed by atoms with van der Waals surface area (Å²) in [5.41, 5.74) is 4.41. The Labute approximate surface area is 199 Å². The maximum absolute atomic E-state index is 13.2. The van der Waals surface area contributed by atoms with Crippen molar-refractivity contribution >= 4 is 29.4 Å². The van der Waals surface area contributed by atoms with Gasteiger partial charge in [-0.05, 0) is 12.8 Å². The summed E-state index contributed by atoms with van der Waals surface area (Å²) in [6, 6.07) is 0. The Balaban J connectivity index is 1.19. The number of piperazine rings is 1. The highest BCUT2D eigenvalue weighted by molar-refractivity contribution is 6.30. The zero-order chi connectivity index (χ0) is 24.3. The van der Waals surface area contributed by atoms with Crippen LogP contribution in [0.3, 0.4) is 0 Å². The smallest absolute Gasteiger partial charge is 0.373 e. The molecule has 0 saturated carbocycles. The predicted octanol–water partition coefficient (Wildman–Crippen LogP) is 0.914. The Hall–Kier alpha value is -2.22. The second kappa shape index (κ2) is 10.6. The molecule has 2 amide bonds. The van der Waals surface area contributed by atoms with Crippen molar-refractivity contribution in [1.82, 2.24) is 25.7 Å². The van der Waals surface area contributed by atoms with E-state index < -0.39 is 30.2 Å². The number of ether oxygens (including phenoxy) is 2. The van der Waals surface area contributed by atoms with E-state index in [0.29, 0.717) is 50.0 Å². The van der Waals surface area contributed by atoms with Gasteiger partial charge in [-0.3, -0.25) is 15.0 Å². The topological polar surface area (TPSA) is 109 Å². The lowest BCUT2D eigenvalue weighted by molar-refractivity contribution is -0.215. The Kier molecular flexibility index (Phi) is 7.75. The fourth-order valence-electron chi connectivity index (χ4n) is 4.35. The van der Waals surface area contributed by atoms with Gasteiger partial charge in [0.25, 0.3) is 0 Å². The summed E-state index contributed by atoms with van der Waals surface area (Å²) < 4.78 is 50.9. The zero-order valence-electron chi connectivity index (χ0n) is 18.3. The maximum Gasteiger partial charge on any atom is 0.403 e. The van der Waals surface area contributed by atoms with E-state index in [1.807, 2.05) is 10.3 Å². The molecule has 0 aliphatic carbocycles. The van der Waals surface area contributed by atoms with E-state index in [1.165, 1.54) is 12.4 Å². The fourth-order valence-corrected chi connectivity index (χ4v) is 4.45. The molecule has 34 heavy (non-hydrogen) atoms. The summed E-state index contributed by atoms with van der Waals surface area (Å²) in [5, 5.41) is 0.457. The standard InChI is InChI=1S/C20H26ClF3N6O4/c21-12-8-25-19(26-9-12)30-5-3-29(4-6-30)16(31)7-13-1-2-14(34-13)11-33-15-10-27-28-18(32)17(15)20(22,23)24/h8-9,13-15,17,27H,1-7,10-11H2,(H,28,32)/t13-,14-,15?,17?/m0/s1. The van der Waals surface area contributed by atoms with Gasteiger partial charge >= 0.3 is 6.18 Å². The molecule has 0 bridgehead atoms. The average Bonchev–Trinajstić information content (AvgIpc) is 3.24. The summed E-state index contributed by atoms with van der Waals surface area (Å²) in [7, 11) is 0. The van der Waals surface area contributed by atoms with Crippen LogP contribution < -0.4 is 15.8 Å². The third-order valence-corrected chi connectivity index (χ3v) is 6.33. The number of anilines is 1. The first kappa shape index (κ1) is 24.9. The van der Waals surface area contributed by atoms with Gasteiger partial charge in [-0.25, -0.2) is 15.4 Å². The number of nitrogens with zero attached hydrogens (tertiary/aromatic N) is 4. The van der Waals surface area contributed by atoms with Crippen LogP contribution in [0.2, 0.25) is 5.02 Å². The maximum atomic E-state index is 13.2. The van der Waals surface area contributed by atoms with Gasteiger partial charge in [-0.2, -0.15) is 13.2 Å². The molecular weight excluding hydrogens is 481 g/mol. The fraction of sp³-hybridized carbons (Fsp3) is 0.700. The minimum absolute atomic E-state index is 0.0338. The van der Waals surface area contributed by atoms with Crippen LogP contribution >= 0.6 is 11.6 Å². The molecule has 4 rings (SSSR count). The minimum Gasteiger partial charge on any atom is -0.373 e. The molecule has 3 fully saturated rings. The Bertz CT molecular complexity index is 869. The molecule has 1 aromatic rings. The van der Waals surface area contributed by atoms with Crippen LogP contribution in [0.1, 0.15) is 19.3 Å². The van der Waals surface area contributed by atoms with Gasteiger partial charge in [-0.1, -0.05) is 11.6 Å². The van der Waals surface area contributed by atoms with E-state index in [1.54, 1.807) is 4.90 Å². The first-order chi connectivity index (χ1) is 16.2. The second-order valence-electron chi connectivity index (χ2n) is 8.49. The van der Waals surface area contributed by atoms with E-state index in [2.05, 4.69) is 15.4 Å². The van der Waals surface area contributed by atoms with Crippen LogP contribution in [0, 0.1) is 5.92 Å². The van der Waals surface area contributed by atoms with Crippen LogP contribution in [-0.2, 0) is 19.1 Å². The van der Waals surface area contributed by atoms with Gasteiger partial charge in [-0.15, -0.1) is 0 Å². The molecule has 4 atom stereocenters. The van der Waals surface area contributed by atoms with Crippen molar-refractivity contribution in [3.8, 4) is 0 Å². The molecule has 3 aliphatic heterocycles. The SMILES string of the molecule is O=C1NNCC(OC[C@@H]2CC[C@@H](CC(=O)N3CCN(c4ncc(Cl)cn4)CC3)O2)C1C(F)(F)F. The van der Waals surface area contributed by atoms with Crippen LogP contribution in [0.25, 0.3) is 0 Å². The van der Waals surface area contributed by atoms with Crippen molar-refractivity contribution in [3.05, 3.63) is 17.4 Å². The van der Waals surface area contributed by atoms with Crippen LogP contribution in [0.15, 0.2) is 12.4 Å². The number of hydrogen-bond donors (Lipinski definition) is 2. The number of amides is 2. The molecule has 4 heterocycles. The van der Waals surface area contributed by atoms with E-state index in [4.69, 9.17) is 21.1 Å². The number of carbonyl (C=O) groups is 2. The molecule has 10 nitrogen and oxygen atoms in total. The quantitative estimate of drug-likeness (QED) is 0.586. The Morgan fingerprint density at radius 2 is 1.85 bits per heavy atom. The average molecular weight is 507 g/mol. The van der Waals surface area contributed by atoms with Gasteiger partial charge in [0.1, 0.15) is 0 Å². The van der Waals surface area contributed by atoms with Gasteiger partial charge in [0.15, 0.2) is 5.92 Å². The number of halogens is 4. The molecule has 3 saturated heterocycles. The number of hydrogen-bond acceptors (Lipinski definition) is 8. The molecule has 2 N–H and O–H groups in total. The second-order valence-corrected chi connectivity index (χ2v) is 8.93. The molecule has 3 aliphatic rings. The first-order valence-electron chi connectivity index (χ1n) is 11.1. The summed E-state index contributed by atoms with van der Waals surface area (Å²) in [6.07, 6.45) is -2.32. The highest BCUT2D eigenvalue weighted by atomic mass is 35.5. The molecule has 0 radical (unpaired) electrons. The number of alkyl halides is 3. The summed E-state index contributed by atoms with van der Waals surface area (Å²) in [5.74, 6) is -2.86. The van der Waals surface area contributed by atoms with Crippen LogP contribution in [0.5, 0.6) is 0 Å². The van der Waals surface area contributed by atoms with Crippen molar-refractivity contribution < 1.29 is 32.2 Å². The van der Waals surface area contributed by atoms with Crippen molar-refractivity contribution in [2.24, 2.45) is 5.92 Å². The highest BCUT2D eigenvalue weighted by Gasteiger charge is 2.52. The number of aromatic nitrogens is 2. The summed E-state index contributed by atoms with van der Waals surface area (Å²) in [6.45, 7) is 2.02. The number of carbonyl (C=O) groups excluding carboxylic acids is 2. The molecular formula is C20H26ClF3N6O4.